The molecule has 35 heavy (non-hydrogen) atoms. The van der Waals surface area contributed by atoms with E-state index >= 15 is 0 Å². The number of nitrogens with one attached hydrogen (secondary N) is 3. The van der Waals surface area contributed by atoms with Crippen LogP contribution in [0.1, 0.15) is 24.3 Å². The number of hydrogen-bond acceptors (Lipinski definition) is 4. The first kappa shape index (κ1) is 27.0. The van der Waals surface area contributed by atoms with Gasteiger partial charge in [-0.1, -0.05) is 53.5 Å². The first-order valence-corrected chi connectivity index (χ1v) is 12.5. The summed E-state index contributed by atoms with van der Waals surface area (Å²) in [6, 6.07) is 17.1. The minimum Gasteiger partial charge on any atom is -0.337 e. The monoisotopic (exact) mass is 513 g/mol. The molecule has 6 nitrogen and oxygen atoms in total. The Hall–Kier alpha value is -2.64. The van der Waals surface area contributed by atoms with Crippen molar-refractivity contribution in [3.8, 4) is 11.1 Å². The Labute approximate surface area is 218 Å². The molecule has 0 saturated heterocycles. The van der Waals surface area contributed by atoms with Gasteiger partial charge < -0.3 is 20.9 Å². The van der Waals surface area contributed by atoms with Gasteiger partial charge in [-0.05, 0) is 87.5 Å². The Bertz CT molecular complexity index is 1040. The standard InChI is InChI=1S/C27H33Cl2N5O/c1-34(2)14-4-12-30-13-10-23(19-32-27(35)33-26-16-24(28)15-25(29)17-26)21-8-6-20(7-9-21)22-5-3-11-31-18-22/h3,5-9,11,15-18,23,30H,4,10,12-14,19H2,1-2H3,(H2,32,33,35). The lowest BCUT2D eigenvalue weighted by atomic mass is 9.93. The highest BCUT2D eigenvalue weighted by Gasteiger charge is 2.14. The van der Waals surface area contributed by atoms with Gasteiger partial charge in [0.2, 0.25) is 0 Å². The van der Waals surface area contributed by atoms with E-state index in [1.165, 1.54) is 5.56 Å². The number of carbonyl (C=O) groups excluding carboxylic acids is 1. The predicted molar refractivity (Wildman–Crippen MR) is 147 cm³/mol. The summed E-state index contributed by atoms with van der Waals surface area (Å²) < 4.78 is 0. The lowest BCUT2D eigenvalue weighted by Crippen LogP contribution is -2.33. The normalized spacial score (nSPS) is 11.9. The van der Waals surface area contributed by atoms with Crippen LogP contribution < -0.4 is 16.0 Å². The fraction of sp³-hybridized carbons (Fsp3) is 0.333. The third kappa shape index (κ3) is 9.49. The van der Waals surface area contributed by atoms with Gasteiger partial charge in [0.1, 0.15) is 0 Å². The number of rotatable bonds is 12. The van der Waals surface area contributed by atoms with E-state index in [-0.39, 0.29) is 11.9 Å². The maximum atomic E-state index is 12.6. The van der Waals surface area contributed by atoms with Crippen molar-refractivity contribution in [3.63, 3.8) is 0 Å². The van der Waals surface area contributed by atoms with E-state index in [2.05, 4.69) is 64.2 Å². The van der Waals surface area contributed by atoms with E-state index in [1.807, 2.05) is 18.3 Å². The van der Waals surface area contributed by atoms with Crippen molar-refractivity contribution < 1.29 is 4.79 Å². The average molecular weight is 515 g/mol. The molecular formula is C27H33Cl2N5O. The van der Waals surface area contributed by atoms with Crippen LogP contribution >= 0.6 is 23.2 Å². The quantitative estimate of drug-likeness (QED) is 0.264. The Morgan fingerprint density at radius 2 is 1.74 bits per heavy atom. The molecule has 2 aromatic carbocycles. The number of amides is 2. The van der Waals surface area contributed by atoms with Crippen molar-refractivity contribution >= 4 is 34.9 Å². The molecular weight excluding hydrogens is 481 g/mol. The lowest BCUT2D eigenvalue weighted by molar-refractivity contribution is 0.251. The van der Waals surface area contributed by atoms with Crippen LogP contribution in [0.25, 0.3) is 11.1 Å². The Morgan fingerprint density at radius 3 is 2.40 bits per heavy atom. The van der Waals surface area contributed by atoms with Gasteiger partial charge in [0.05, 0.1) is 0 Å². The third-order valence-electron chi connectivity index (χ3n) is 5.63. The Kier molecular flexibility index (Phi) is 10.8. The second-order valence-corrected chi connectivity index (χ2v) is 9.62. The van der Waals surface area contributed by atoms with Crippen LogP contribution in [-0.4, -0.2) is 56.2 Å². The summed E-state index contributed by atoms with van der Waals surface area (Å²) >= 11 is 12.1. The molecule has 0 spiro atoms. The molecule has 2 amide bonds. The zero-order valence-electron chi connectivity index (χ0n) is 20.2. The van der Waals surface area contributed by atoms with Gasteiger partial charge in [0.15, 0.2) is 0 Å². The highest BCUT2D eigenvalue weighted by Crippen LogP contribution is 2.25. The van der Waals surface area contributed by atoms with Gasteiger partial charge in [0.25, 0.3) is 0 Å². The fourth-order valence-electron chi connectivity index (χ4n) is 3.81. The second-order valence-electron chi connectivity index (χ2n) is 8.75. The van der Waals surface area contributed by atoms with Crippen LogP contribution in [-0.2, 0) is 0 Å². The van der Waals surface area contributed by atoms with Crippen molar-refractivity contribution in [2.75, 3.05) is 45.6 Å². The van der Waals surface area contributed by atoms with Crippen molar-refractivity contribution in [2.45, 2.75) is 18.8 Å². The minimum absolute atomic E-state index is 0.160. The van der Waals surface area contributed by atoms with Crippen molar-refractivity contribution in [1.29, 1.82) is 0 Å². The number of nitrogens with zero attached hydrogens (tertiary/aromatic N) is 2. The summed E-state index contributed by atoms with van der Waals surface area (Å²) in [5, 5.41) is 10.3. The zero-order valence-corrected chi connectivity index (χ0v) is 21.7. The summed E-state index contributed by atoms with van der Waals surface area (Å²) in [5.41, 5.74) is 3.93. The number of benzene rings is 2. The summed E-state index contributed by atoms with van der Waals surface area (Å²) in [5.74, 6) is 0.160. The number of halogens is 2. The molecule has 1 unspecified atom stereocenters. The summed E-state index contributed by atoms with van der Waals surface area (Å²) in [6.07, 6.45) is 5.63. The van der Waals surface area contributed by atoms with Crippen LogP contribution in [0.2, 0.25) is 10.0 Å². The molecule has 0 aliphatic carbocycles. The molecule has 1 atom stereocenters. The van der Waals surface area contributed by atoms with Gasteiger partial charge >= 0.3 is 6.03 Å². The maximum Gasteiger partial charge on any atom is 0.319 e. The molecule has 3 aromatic rings. The first-order valence-electron chi connectivity index (χ1n) is 11.8. The highest BCUT2D eigenvalue weighted by atomic mass is 35.5. The van der Waals surface area contributed by atoms with E-state index in [0.29, 0.717) is 22.3 Å². The van der Waals surface area contributed by atoms with E-state index in [9.17, 15) is 4.79 Å². The SMILES string of the molecule is CN(C)CCCNCCC(CNC(=O)Nc1cc(Cl)cc(Cl)c1)c1ccc(-c2cccnc2)cc1. The molecule has 0 aliphatic heterocycles. The summed E-state index contributed by atoms with van der Waals surface area (Å²) in [4.78, 5) is 18.9. The summed E-state index contributed by atoms with van der Waals surface area (Å²) in [7, 11) is 4.17. The number of pyridine rings is 1. The molecule has 1 aromatic heterocycles. The number of aromatic nitrogens is 1. The maximum absolute atomic E-state index is 12.6. The van der Waals surface area contributed by atoms with Crippen LogP contribution in [0.5, 0.6) is 0 Å². The van der Waals surface area contributed by atoms with E-state index in [0.717, 1.165) is 43.6 Å². The lowest BCUT2D eigenvalue weighted by Gasteiger charge is -2.20. The largest absolute Gasteiger partial charge is 0.337 e. The number of anilines is 1. The smallest absolute Gasteiger partial charge is 0.319 e. The number of hydrogen-bond donors (Lipinski definition) is 3. The van der Waals surface area contributed by atoms with Gasteiger partial charge in [-0.25, -0.2) is 4.79 Å². The van der Waals surface area contributed by atoms with Crippen LogP contribution in [0.15, 0.2) is 67.0 Å². The van der Waals surface area contributed by atoms with Gasteiger partial charge in [0, 0.05) is 40.6 Å². The number of carbonyl (C=O) groups is 1. The molecule has 0 fully saturated rings. The third-order valence-corrected chi connectivity index (χ3v) is 6.07. The number of urea groups is 1. The van der Waals surface area contributed by atoms with Crippen molar-refractivity contribution in [1.82, 2.24) is 20.5 Å². The molecule has 1 heterocycles. The first-order chi connectivity index (χ1) is 16.9. The molecule has 3 rings (SSSR count). The zero-order chi connectivity index (χ0) is 25.0. The topological polar surface area (TPSA) is 69.3 Å². The average Bonchev–Trinajstić information content (AvgIpc) is 2.83. The molecule has 0 aliphatic rings. The Balaban J connectivity index is 1.61. The summed E-state index contributed by atoms with van der Waals surface area (Å²) in [6.45, 7) is 3.40. The molecule has 0 saturated carbocycles. The molecule has 8 heteroatoms. The van der Waals surface area contributed by atoms with Crippen LogP contribution in [0.3, 0.4) is 0 Å². The molecule has 3 N–H and O–H groups in total. The van der Waals surface area contributed by atoms with Crippen LogP contribution in [0, 0.1) is 0 Å². The van der Waals surface area contributed by atoms with E-state index in [4.69, 9.17) is 23.2 Å². The Morgan fingerprint density at radius 1 is 1.00 bits per heavy atom. The van der Waals surface area contributed by atoms with Crippen molar-refractivity contribution in [2.24, 2.45) is 0 Å². The molecule has 186 valence electrons. The van der Waals surface area contributed by atoms with Gasteiger partial charge in [-0.2, -0.15) is 0 Å². The molecule has 0 bridgehead atoms. The van der Waals surface area contributed by atoms with Crippen molar-refractivity contribution in [3.05, 3.63) is 82.6 Å². The minimum atomic E-state index is -0.292. The molecule has 0 radical (unpaired) electrons. The predicted octanol–water partition coefficient (Wildman–Crippen LogP) is 5.89. The van der Waals surface area contributed by atoms with E-state index in [1.54, 1.807) is 24.4 Å². The van der Waals surface area contributed by atoms with E-state index < -0.39 is 0 Å². The van der Waals surface area contributed by atoms with Crippen LogP contribution in [0.4, 0.5) is 10.5 Å². The fourth-order valence-corrected chi connectivity index (χ4v) is 4.33. The van der Waals surface area contributed by atoms with Gasteiger partial charge in [-0.15, -0.1) is 0 Å². The second kappa shape index (κ2) is 14.0. The van der Waals surface area contributed by atoms with Gasteiger partial charge in [-0.3, -0.25) is 4.98 Å². The highest BCUT2D eigenvalue weighted by molar-refractivity contribution is 6.35.